The van der Waals surface area contributed by atoms with Crippen LogP contribution in [-0.2, 0) is 12.6 Å². The summed E-state index contributed by atoms with van der Waals surface area (Å²) in [4.78, 5) is 0. The van der Waals surface area contributed by atoms with Gasteiger partial charge in [-0.1, -0.05) is 0 Å². The van der Waals surface area contributed by atoms with Gasteiger partial charge in [0.1, 0.15) is 0 Å². The van der Waals surface area contributed by atoms with Crippen LogP contribution in [0.2, 0.25) is 0 Å². The third kappa shape index (κ3) is 4.50. The van der Waals surface area contributed by atoms with Crippen LogP contribution in [0.5, 0.6) is 0 Å². The minimum atomic E-state index is -5.80. The van der Waals surface area contributed by atoms with Gasteiger partial charge in [0.05, 0.1) is 0 Å². The monoisotopic (exact) mass is 490 g/mol. The second-order valence-corrected chi connectivity index (χ2v) is 11.7. The molecule has 0 bridgehead atoms. The van der Waals surface area contributed by atoms with E-state index in [4.69, 9.17) is 0 Å². The predicted octanol–water partition coefficient (Wildman–Crippen LogP) is 5.08. The van der Waals surface area contributed by atoms with E-state index < -0.39 is 41.7 Å². The molecule has 2 aromatic carbocycles. The molecule has 0 spiro atoms. The number of alkyl halides is 3. The Morgan fingerprint density at radius 2 is 1.56 bits per heavy atom. The summed E-state index contributed by atoms with van der Waals surface area (Å²) < 4.78 is 80.4. The Kier molecular flexibility index (Phi) is 5.79. The Hall–Kier alpha value is -1.20. The van der Waals surface area contributed by atoms with Crippen molar-refractivity contribution in [3.05, 3.63) is 66.0 Å². The molecule has 0 atom stereocenters. The average Bonchev–Trinajstić information content (AvgIpc) is 2.43. The Morgan fingerprint density at radius 3 is 2.04 bits per heavy atom. The van der Waals surface area contributed by atoms with Gasteiger partial charge in [0.25, 0.3) is 0 Å². The first-order valence-electron chi connectivity index (χ1n) is 6.97. The molecule has 0 unspecified atom stereocenters. The second kappa shape index (κ2) is 7.20. The molecule has 0 radical (unpaired) electrons. The Balaban J connectivity index is 2.67. The topological polar surface area (TPSA) is 43.4 Å². The molecular formula is C16H15F4IO3S. The molecule has 0 fully saturated rings. The zero-order valence-electron chi connectivity index (χ0n) is 13.5. The molecule has 25 heavy (non-hydrogen) atoms. The molecule has 0 aromatic heterocycles. The van der Waals surface area contributed by atoms with Crippen molar-refractivity contribution in [2.75, 3.05) is 0 Å². The first kappa shape index (κ1) is 20.1. The van der Waals surface area contributed by atoms with E-state index >= 15 is 0 Å². The molecule has 0 aliphatic rings. The maximum atomic E-state index is 13.6. The van der Waals surface area contributed by atoms with Crippen molar-refractivity contribution in [2.24, 2.45) is 0 Å². The summed E-state index contributed by atoms with van der Waals surface area (Å²) in [5.41, 5.74) is -3.43. The quantitative estimate of drug-likeness (QED) is 0.341. The Labute approximate surface area is 151 Å². The van der Waals surface area contributed by atoms with Crippen molar-refractivity contribution in [1.29, 1.82) is 0 Å². The van der Waals surface area contributed by atoms with Crippen molar-refractivity contribution in [3.8, 4) is 0 Å². The van der Waals surface area contributed by atoms with Gasteiger partial charge in [-0.25, -0.2) is 0 Å². The zero-order chi connectivity index (χ0) is 19.0. The van der Waals surface area contributed by atoms with E-state index in [1.165, 1.54) is 12.1 Å². The molecule has 3 nitrogen and oxygen atoms in total. The second-order valence-electron chi connectivity index (χ2n) is 5.36. The molecule has 0 aliphatic heterocycles. The van der Waals surface area contributed by atoms with Crippen LogP contribution in [0.1, 0.15) is 16.7 Å². The first-order chi connectivity index (χ1) is 11.4. The van der Waals surface area contributed by atoms with E-state index in [1.807, 2.05) is 6.92 Å². The van der Waals surface area contributed by atoms with Crippen LogP contribution in [-0.4, -0.2) is 13.9 Å². The maximum absolute atomic E-state index is 13.6. The number of hydrogen-bond donors (Lipinski definition) is 0. The number of benzene rings is 2. The van der Waals surface area contributed by atoms with Crippen LogP contribution < -0.4 is 0 Å². The summed E-state index contributed by atoms with van der Waals surface area (Å²) in [6.07, 6.45) is 0. The van der Waals surface area contributed by atoms with Gasteiger partial charge >= 0.3 is 151 Å². The average molecular weight is 490 g/mol. The fourth-order valence-corrected chi connectivity index (χ4v) is 9.46. The zero-order valence-corrected chi connectivity index (χ0v) is 16.5. The summed E-state index contributed by atoms with van der Waals surface area (Å²) in [6, 6.07) is 8.32. The molecule has 9 heteroatoms. The van der Waals surface area contributed by atoms with Gasteiger partial charge in [0, 0.05) is 0 Å². The van der Waals surface area contributed by atoms with Gasteiger partial charge in [0.15, 0.2) is 0 Å². The Bertz CT molecular complexity index is 871. The fraction of sp³-hybridized carbons (Fsp3) is 0.250. The van der Waals surface area contributed by atoms with Gasteiger partial charge in [-0.05, 0) is 0 Å². The van der Waals surface area contributed by atoms with E-state index in [0.717, 1.165) is 17.7 Å². The number of hydrogen-bond acceptors (Lipinski definition) is 3. The summed E-state index contributed by atoms with van der Waals surface area (Å²) in [5.74, 6) is -0.671. The van der Waals surface area contributed by atoms with Crippen molar-refractivity contribution in [2.45, 2.75) is 26.3 Å². The summed E-state index contributed by atoms with van der Waals surface area (Å²) in [6.45, 7) is 5.16. The van der Waals surface area contributed by atoms with Gasteiger partial charge in [-0.15, -0.1) is 0 Å². The SMILES string of the molecule is Cc1cc(C)c(I(OS(=O)(=O)C(F)(F)F)c2cccc(F)c2)c(C)c1. The number of rotatable bonds is 4. The summed E-state index contributed by atoms with van der Waals surface area (Å²) >= 11 is -3.57. The first-order valence-corrected chi connectivity index (χ1v) is 11.4. The number of halogens is 5. The third-order valence-corrected chi connectivity index (χ3v) is 11.0. The van der Waals surface area contributed by atoms with E-state index in [0.29, 0.717) is 14.7 Å². The van der Waals surface area contributed by atoms with E-state index in [2.05, 4.69) is 2.51 Å². The van der Waals surface area contributed by atoms with Crippen LogP contribution >= 0.6 is 20.2 Å². The molecule has 0 amide bonds. The fourth-order valence-electron chi connectivity index (χ4n) is 2.30. The van der Waals surface area contributed by atoms with Crippen molar-refractivity contribution < 1.29 is 28.5 Å². The van der Waals surface area contributed by atoms with Crippen LogP contribution in [0.4, 0.5) is 17.6 Å². The molecular weight excluding hydrogens is 475 g/mol. The minimum absolute atomic E-state index is 0.132. The van der Waals surface area contributed by atoms with Crippen LogP contribution in [0.25, 0.3) is 0 Å². The molecule has 0 saturated heterocycles. The van der Waals surface area contributed by atoms with E-state index in [9.17, 15) is 26.0 Å². The molecule has 0 N–H and O–H groups in total. The molecule has 2 rings (SSSR count). The molecule has 2 aromatic rings. The molecule has 0 aliphatic carbocycles. The molecule has 138 valence electrons. The van der Waals surface area contributed by atoms with Crippen LogP contribution in [0.3, 0.4) is 0 Å². The van der Waals surface area contributed by atoms with Crippen LogP contribution in [0.15, 0.2) is 36.4 Å². The number of aryl methyl sites for hydroxylation is 3. The normalized spacial score (nSPS) is 13.0. The van der Waals surface area contributed by atoms with Crippen LogP contribution in [0, 0.1) is 33.7 Å². The van der Waals surface area contributed by atoms with Gasteiger partial charge < -0.3 is 0 Å². The van der Waals surface area contributed by atoms with E-state index in [1.54, 1.807) is 26.0 Å². The molecule has 0 saturated carbocycles. The summed E-state index contributed by atoms with van der Waals surface area (Å²) in [7, 11) is -5.80. The predicted molar refractivity (Wildman–Crippen MR) is 94.5 cm³/mol. The molecule has 0 heterocycles. The van der Waals surface area contributed by atoms with Crippen molar-refractivity contribution in [1.82, 2.24) is 0 Å². The van der Waals surface area contributed by atoms with Gasteiger partial charge in [-0.3, -0.25) is 0 Å². The van der Waals surface area contributed by atoms with Gasteiger partial charge in [-0.2, -0.15) is 0 Å². The van der Waals surface area contributed by atoms with Crippen molar-refractivity contribution in [3.63, 3.8) is 0 Å². The summed E-state index contributed by atoms with van der Waals surface area (Å²) in [5, 5.41) is 0. The third-order valence-electron chi connectivity index (χ3n) is 3.17. The Morgan fingerprint density at radius 1 is 1.00 bits per heavy atom. The van der Waals surface area contributed by atoms with Gasteiger partial charge in [0.2, 0.25) is 0 Å². The standard InChI is InChI=1S/C16H15F4IO3S/c1-10-7-11(2)15(12(3)8-10)21(14-6-4-5-13(17)9-14)24-25(22,23)16(18,19)20/h4-9H,1-3H3. The van der Waals surface area contributed by atoms with E-state index in [-0.39, 0.29) is 3.57 Å². The van der Waals surface area contributed by atoms with Crippen molar-refractivity contribution >= 4 is 30.4 Å².